The smallest absolute Gasteiger partial charge is 0.243 e. The highest BCUT2D eigenvalue weighted by Crippen LogP contribution is 2.32. The number of benzene rings is 1. The molecule has 0 amide bonds. The molecule has 2 heterocycles. The molecule has 1 aromatic carbocycles. The summed E-state index contributed by atoms with van der Waals surface area (Å²) in [6.07, 6.45) is 2.86. The van der Waals surface area contributed by atoms with E-state index >= 15 is 0 Å². The summed E-state index contributed by atoms with van der Waals surface area (Å²) in [5, 5.41) is 3.86. The van der Waals surface area contributed by atoms with Gasteiger partial charge in [0.1, 0.15) is 5.75 Å². The van der Waals surface area contributed by atoms with Gasteiger partial charge in [-0.1, -0.05) is 11.6 Å². The maximum Gasteiger partial charge on any atom is 0.243 e. The molecule has 8 heteroatoms. The number of rotatable bonds is 4. The third-order valence-electron chi connectivity index (χ3n) is 3.89. The second kappa shape index (κ2) is 6.29. The van der Waals surface area contributed by atoms with Crippen molar-refractivity contribution in [2.75, 3.05) is 20.2 Å². The highest BCUT2D eigenvalue weighted by Gasteiger charge is 2.27. The molecule has 0 aliphatic carbocycles. The van der Waals surface area contributed by atoms with Gasteiger partial charge in [-0.2, -0.15) is 9.29 Å². The monoisotopic (exact) mass is 337 g/mol. The van der Waals surface area contributed by atoms with Gasteiger partial charge in [-0.05, 0) is 31.0 Å². The van der Waals surface area contributed by atoms with Crippen LogP contribution in [0, 0.1) is 6.92 Å². The van der Waals surface area contributed by atoms with E-state index in [0.29, 0.717) is 36.1 Å². The number of hydrogen-bond donors (Lipinski definition) is 0. The zero-order chi connectivity index (χ0) is 16.4. The van der Waals surface area contributed by atoms with Crippen molar-refractivity contribution in [3.63, 3.8) is 0 Å². The summed E-state index contributed by atoms with van der Waals surface area (Å²) in [6, 6.07) is 4.73. The molecule has 0 saturated carbocycles. The summed E-state index contributed by atoms with van der Waals surface area (Å²) in [5.41, 5.74) is 0.502. The number of piperidine rings is 1. The first kappa shape index (κ1) is 15.9. The molecule has 124 valence electrons. The summed E-state index contributed by atoms with van der Waals surface area (Å²) < 4.78 is 37.4. The molecule has 0 radical (unpaired) electrons. The Labute approximate surface area is 135 Å². The zero-order valence-electron chi connectivity index (χ0n) is 13.2. The van der Waals surface area contributed by atoms with Crippen molar-refractivity contribution in [1.82, 2.24) is 14.4 Å². The SMILES string of the molecule is COc1ccc(S(=O)(=O)N2CCCCC2)cc1-c1noc(C)n1. The topological polar surface area (TPSA) is 85.5 Å². The highest BCUT2D eigenvalue weighted by molar-refractivity contribution is 7.89. The molecule has 0 N–H and O–H groups in total. The zero-order valence-corrected chi connectivity index (χ0v) is 14.0. The molecular formula is C15H19N3O4S. The van der Waals surface area contributed by atoms with Crippen LogP contribution in [-0.2, 0) is 10.0 Å². The summed E-state index contributed by atoms with van der Waals surface area (Å²) in [5.74, 6) is 1.23. The molecule has 23 heavy (non-hydrogen) atoms. The Bertz CT molecular complexity index is 795. The fraction of sp³-hybridized carbons (Fsp3) is 0.467. The second-order valence-corrected chi connectivity index (χ2v) is 7.40. The van der Waals surface area contributed by atoms with Crippen LogP contribution in [-0.4, -0.2) is 43.1 Å². The van der Waals surface area contributed by atoms with Crippen LogP contribution in [0.4, 0.5) is 0 Å². The van der Waals surface area contributed by atoms with Crippen LogP contribution < -0.4 is 4.74 Å². The van der Waals surface area contributed by atoms with Crippen molar-refractivity contribution in [1.29, 1.82) is 0 Å². The molecule has 1 saturated heterocycles. The van der Waals surface area contributed by atoms with E-state index in [2.05, 4.69) is 10.1 Å². The van der Waals surface area contributed by atoms with E-state index in [1.807, 2.05) is 0 Å². The minimum absolute atomic E-state index is 0.220. The van der Waals surface area contributed by atoms with E-state index in [-0.39, 0.29) is 4.90 Å². The molecule has 1 aliphatic heterocycles. The quantitative estimate of drug-likeness (QED) is 0.850. The van der Waals surface area contributed by atoms with Crippen molar-refractivity contribution in [3.05, 3.63) is 24.1 Å². The number of sulfonamides is 1. The van der Waals surface area contributed by atoms with Gasteiger partial charge in [-0.3, -0.25) is 0 Å². The van der Waals surface area contributed by atoms with Crippen LogP contribution in [0.25, 0.3) is 11.4 Å². The number of hydrogen-bond acceptors (Lipinski definition) is 6. The van der Waals surface area contributed by atoms with Crippen molar-refractivity contribution >= 4 is 10.0 Å². The summed E-state index contributed by atoms with van der Waals surface area (Å²) in [4.78, 5) is 4.38. The van der Waals surface area contributed by atoms with Crippen LogP contribution in [0.5, 0.6) is 5.75 Å². The number of aromatic nitrogens is 2. The molecular weight excluding hydrogens is 318 g/mol. The Morgan fingerprint density at radius 3 is 2.57 bits per heavy atom. The van der Waals surface area contributed by atoms with E-state index in [9.17, 15) is 8.42 Å². The first-order chi connectivity index (χ1) is 11.0. The lowest BCUT2D eigenvalue weighted by molar-refractivity contribution is 0.346. The molecule has 0 unspecified atom stereocenters. The van der Waals surface area contributed by atoms with E-state index in [1.54, 1.807) is 25.1 Å². The predicted octanol–water partition coefficient (Wildman–Crippen LogP) is 2.23. The van der Waals surface area contributed by atoms with Gasteiger partial charge in [0, 0.05) is 20.0 Å². The van der Waals surface area contributed by atoms with Crippen LogP contribution in [0.3, 0.4) is 0 Å². The van der Waals surface area contributed by atoms with E-state index in [0.717, 1.165) is 19.3 Å². The van der Waals surface area contributed by atoms with Gasteiger partial charge >= 0.3 is 0 Å². The van der Waals surface area contributed by atoms with Gasteiger partial charge in [0.05, 0.1) is 17.6 Å². The van der Waals surface area contributed by atoms with Gasteiger partial charge in [-0.15, -0.1) is 0 Å². The molecule has 0 atom stereocenters. The lowest BCUT2D eigenvalue weighted by Gasteiger charge is -2.26. The molecule has 0 bridgehead atoms. The van der Waals surface area contributed by atoms with Crippen molar-refractivity contribution in [2.45, 2.75) is 31.1 Å². The average Bonchev–Trinajstić information content (AvgIpc) is 3.01. The Morgan fingerprint density at radius 2 is 1.96 bits per heavy atom. The van der Waals surface area contributed by atoms with Gasteiger partial charge in [0.15, 0.2) is 0 Å². The van der Waals surface area contributed by atoms with Crippen LogP contribution in [0.1, 0.15) is 25.2 Å². The number of nitrogens with zero attached hydrogens (tertiary/aromatic N) is 3. The molecule has 1 fully saturated rings. The molecule has 2 aromatic rings. The summed E-state index contributed by atoms with van der Waals surface area (Å²) in [6.45, 7) is 2.80. The third-order valence-corrected chi connectivity index (χ3v) is 5.79. The number of methoxy groups -OCH3 is 1. The van der Waals surface area contributed by atoms with E-state index in [4.69, 9.17) is 9.26 Å². The maximum atomic E-state index is 12.8. The average molecular weight is 337 g/mol. The van der Waals surface area contributed by atoms with Crippen LogP contribution in [0.2, 0.25) is 0 Å². The molecule has 1 aromatic heterocycles. The van der Waals surface area contributed by atoms with Crippen molar-refractivity contribution in [2.24, 2.45) is 0 Å². The lowest BCUT2D eigenvalue weighted by atomic mass is 10.2. The number of aryl methyl sites for hydroxylation is 1. The van der Waals surface area contributed by atoms with Crippen molar-refractivity contribution < 1.29 is 17.7 Å². The fourth-order valence-corrected chi connectivity index (χ4v) is 4.23. The van der Waals surface area contributed by atoms with Crippen molar-refractivity contribution in [3.8, 4) is 17.1 Å². The molecule has 1 aliphatic rings. The third kappa shape index (κ3) is 3.09. The first-order valence-corrected chi connectivity index (χ1v) is 8.95. The van der Waals surface area contributed by atoms with Gasteiger partial charge in [-0.25, -0.2) is 8.42 Å². The van der Waals surface area contributed by atoms with Crippen LogP contribution >= 0.6 is 0 Å². The standard InChI is InChI=1S/C15H19N3O4S/c1-11-16-15(17-22-11)13-10-12(6-7-14(13)21-2)23(19,20)18-8-4-3-5-9-18/h6-7,10H,3-5,8-9H2,1-2H3. The largest absolute Gasteiger partial charge is 0.496 e. The Balaban J connectivity index is 2.03. The van der Waals surface area contributed by atoms with Gasteiger partial charge < -0.3 is 9.26 Å². The molecule has 3 rings (SSSR count). The Kier molecular flexibility index (Phi) is 4.36. The van der Waals surface area contributed by atoms with E-state index in [1.165, 1.54) is 11.4 Å². The fourth-order valence-electron chi connectivity index (χ4n) is 2.69. The summed E-state index contributed by atoms with van der Waals surface area (Å²) in [7, 11) is -2.00. The Morgan fingerprint density at radius 1 is 1.22 bits per heavy atom. The lowest BCUT2D eigenvalue weighted by Crippen LogP contribution is -2.35. The minimum Gasteiger partial charge on any atom is -0.496 e. The number of ether oxygens (including phenoxy) is 1. The maximum absolute atomic E-state index is 12.8. The molecule has 0 spiro atoms. The first-order valence-electron chi connectivity index (χ1n) is 7.51. The summed E-state index contributed by atoms with van der Waals surface area (Å²) >= 11 is 0. The molecule has 7 nitrogen and oxygen atoms in total. The van der Waals surface area contributed by atoms with Gasteiger partial charge in [0.2, 0.25) is 21.7 Å². The Hall–Kier alpha value is -1.93. The minimum atomic E-state index is -3.52. The second-order valence-electron chi connectivity index (χ2n) is 5.46. The normalized spacial score (nSPS) is 16.4. The highest BCUT2D eigenvalue weighted by atomic mass is 32.2. The van der Waals surface area contributed by atoms with Crippen LogP contribution in [0.15, 0.2) is 27.6 Å². The van der Waals surface area contributed by atoms with Gasteiger partial charge in [0.25, 0.3) is 0 Å². The predicted molar refractivity (Wildman–Crippen MR) is 83.6 cm³/mol. The van der Waals surface area contributed by atoms with E-state index < -0.39 is 10.0 Å².